The van der Waals surface area contributed by atoms with Crippen LogP contribution < -0.4 is 5.32 Å². The largest absolute Gasteiger partial charge is 0.365 e. The van der Waals surface area contributed by atoms with Gasteiger partial charge in [-0.25, -0.2) is 4.98 Å². The molecule has 3 aromatic heterocycles. The molecule has 3 aromatic rings. The number of fused-ring (bicyclic) bond motifs is 1. The van der Waals surface area contributed by atoms with Gasteiger partial charge in [-0.2, -0.15) is 0 Å². The maximum Gasteiger partial charge on any atom is 0.142 e. The van der Waals surface area contributed by atoms with E-state index in [4.69, 9.17) is 4.98 Å². The highest BCUT2D eigenvalue weighted by Crippen LogP contribution is 2.30. The predicted molar refractivity (Wildman–Crippen MR) is 86.5 cm³/mol. The van der Waals surface area contributed by atoms with Gasteiger partial charge in [0.05, 0.1) is 5.69 Å². The quantitative estimate of drug-likeness (QED) is 0.773. The second-order valence-electron chi connectivity index (χ2n) is 6.28. The number of rotatable bonds is 2. The molecule has 3 rings (SSSR count). The molecular formula is C17H20N4. The van der Waals surface area contributed by atoms with Crippen LogP contribution in [0, 0.1) is 6.92 Å². The normalized spacial score (nSPS) is 11.8. The van der Waals surface area contributed by atoms with Crippen LogP contribution in [0.2, 0.25) is 0 Å². The van der Waals surface area contributed by atoms with Crippen LogP contribution >= 0.6 is 0 Å². The van der Waals surface area contributed by atoms with Crippen LogP contribution in [-0.4, -0.2) is 19.9 Å². The van der Waals surface area contributed by atoms with Crippen molar-refractivity contribution in [2.24, 2.45) is 0 Å². The number of hydrogen-bond donors (Lipinski definition) is 1. The lowest BCUT2D eigenvalue weighted by Crippen LogP contribution is -2.27. The van der Waals surface area contributed by atoms with E-state index in [1.807, 2.05) is 30.5 Å². The fourth-order valence-corrected chi connectivity index (χ4v) is 2.36. The molecule has 4 nitrogen and oxygen atoms in total. The topological polar surface area (TPSA) is 42.2 Å². The van der Waals surface area contributed by atoms with Gasteiger partial charge in [-0.1, -0.05) is 12.1 Å². The third kappa shape index (κ3) is 2.61. The highest BCUT2D eigenvalue weighted by Gasteiger charge is 2.20. The maximum absolute atomic E-state index is 4.80. The third-order valence-electron chi connectivity index (χ3n) is 3.25. The summed E-state index contributed by atoms with van der Waals surface area (Å²) in [7, 11) is 0. The van der Waals surface area contributed by atoms with E-state index in [0.29, 0.717) is 0 Å². The lowest BCUT2D eigenvalue weighted by Gasteiger charge is -2.22. The molecule has 4 heteroatoms. The van der Waals surface area contributed by atoms with Gasteiger partial charge in [0.25, 0.3) is 0 Å². The third-order valence-corrected chi connectivity index (χ3v) is 3.25. The Labute approximate surface area is 124 Å². The van der Waals surface area contributed by atoms with E-state index >= 15 is 0 Å². The molecule has 0 amide bonds. The van der Waals surface area contributed by atoms with Crippen molar-refractivity contribution in [1.82, 2.24) is 14.4 Å². The number of nitrogens with one attached hydrogen (secondary N) is 1. The van der Waals surface area contributed by atoms with Crippen LogP contribution in [-0.2, 0) is 0 Å². The first-order chi connectivity index (χ1) is 9.96. The van der Waals surface area contributed by atoms with E-state index in [1.165, 1.54) is 0 Å². The monoisotopic (exact) mass is 280 g/mol. The Morgan fingerprint density at radius 2 is 1.90 bits per heavy atom. The molecule has 0 aliphatic heterocycles. The number of imidazole rings is 1. The number of nitrogens with zero attached hydrogens (tertiary/aromatic N) is 3. The van der Waals surface area contributed by atoms with Crippen molar-refractivity contribution in [3.8, 4) is 11.4 Å². The van der Waals surface area contributed by atoms with Gasteiger partial charge in [0, 0.05) is 17.9 Å². The van der Waals surface area contributed by atoms with Gasteiger partial charge < -0.3 is 5.32 Å². The fourth-order valence-electron chi connectivity index (χ4n) is 2.36. The van der Waals surface area contributed by atoms with E-state index in [1.54, 1.807) is 6.20 Å². The summed E-state index contributed by atoms with van der Waals surface area (Å²) in [6.45, 7) is 8.50. The molecule has 1 N–H and O–H groups in total. The average molecular weight is 280 g/mol. The van der Waals surface area contributed by atoms with E-state index in [-0.39, 0.29) is 5.54 Å². The summed E-state index contributed by atoms with van der Waals surface area (Å²) >= 11 is 0. The minimum Gasteiger partial charge on any atom is -0.365 e. The second kappa shape index (κ2) is 4.88. The van der Waals surface area contributed by atoms with Crippen molar-refractivity contribution < 1.29 is 0 Å². The van der Waals surface area contributed by atoms with Gasteiger partial charge >= 0.3 is 0 Å². The van der Waals surface area contributed by atoms with E-state index in [9.17, 15) is 0 Å². The number of anilines is 1. The molecule has 21 heavy (non-hydrogen) atoms. The molecule has 0 aliphatic rings. The van der Waals surface area contributed by atoms with E-state index in [2.05, 4.69) is 48.5 Å². The molecular weight excluding hydrogens is 260 g/mol. The Morgan fingerprint density at radius 1 is 1.10 bits per heavy atom. The molecule has 0 fully saturated rings. The standard InChI is InChI=1S/C17H20N4/c1-12-8-7-11-21-15(12)19-14(13-9-5-6-10-18-13)16(21)20-17(2,3)4/h5-11,20H,1-4H3. The molecule has 0 aliphatic carbocycles. The summed E-state index contributed by atoms with van der Waals surface area (Å²) in [5.74, 6) is 0.986. The van der Waals surface area contributed by atoms with Gasteiger partial charge in [0.1, 0.15) is 17.2 Å². The van der Waals surface area contributed by atoms with Crippen LogP contribution in [0.4, 0.5) is 5.82 Å². The van der Waals surface area contributed by atoms with Crippen LogP contribution in [0.1, 0.15) is 26.3 Å². The summed E-state index contributed by atoms with van der Waals surface area (Å²) in [5, 5.41) is 3.56. The van der Waals surface area contributed by atoms with Crippen molar-refractivity contribution in [3.63, 3.8) is 0 Å². The zero-order valence-corrected chi connectivity index (χ0v) is 12.9. The molecule has 0 saturated heterocycles. The van der Waals surface area contributed by atoms with Crippen LogP contribution in [0.3, 0.4) is 0 Å². The molecule has 0 spiro atoms. The summed E-state index contributed by atoms with van der Waals surface area (Å²) in [6.07, 6.45) is 3.84. The number of hydrogen-bond acceptors (Lipinski definition) is 3. The average Bonchev–Trinajstić information content (AvgIpc) is 2.78. The smallest absolute Gasteiger partial charge is 0.142 e. The first-order valence-electron chi connectivity index (χ1n) is 7.13. The molecule has 108 valence electrons. The first kappa shape index (κ1) is 13.6. The van der Waals surface area contributed by atoms with Crippen LogP contribution in [0.25, 0.3) is 17.0 Å². The molecule has 0 saturated carbocycles. The summed E-state index contributed by atoms with van der Waals surface area (Å²) in [5.41, 5.74) is 3.83. The zero-order chi connectivity index (χ0) is 15.0. The first-order valence-corrected chi connectivity index (χ1v) is 7.13. The predicted octanol–water partition coefficient (Wildman–Crippen LogP) is 3.92. The Morgan fingerprint density at radius 3 is 2.57 bits per heavy atom. The molecule has 0 radical (unpaired) electrons. The Kier molecular flexibility index (Phi) is 3.16. The van der Waals surface area contributed by atoms with E-state index < -0.39 is 0 Å². The summed E-state index contributed by atoms with van der Waals surface area (Å²) in [6, 6.07) is 10.0. The fraction of sp³-hybridized carbons (Fsp3) is 0.294. The zero-order valence-electron chi connectivity index (χ0n) is 12.9. The Bertz CT molecular complexity index is 767. The lowest BCUT2D eigenvalue weighted by molar-refractivity contribution is 0.629. The SMILES string of the molecule is Cc1cccn2c(NC(C)(C)C)c(-c3ccccn3)nc12. The van der Waals surface area contributed by atoms with E-state index in [0.717, 1.165) is 28.4 Å². The minimum atomic E-state index is -0.0523. The summed E-state index contributed by atoms with van der Waals surface area (Å²) < 4.78 is 2.10. The molecule has 0 atom stereocenters. The van der Waals surface area contributed by atoms with Gasteiger partial charge in [-0.05, 0) is 51.5 Å². The highest BCUT2D eigenvalue weighted by molar-refractivity contribution is 5.75. The van der Waals surface area contributed by atoms with Gasteiger partial charge in [0.15, 0.2) is 0 Å². The van der Waals surface area contributed by atoms with Crippen molar-refractivity contribution in [2.45, 2.75) is 33.2 Å². The highest BCUT2D eigenvalue weighted by atomic mass is 15.2. The molecule has 0 unspecified atom stereocenters. The molecule has 0 bridgehead atoms. The van der Waals surface area contributed by atoms with Gasteiger partial charge in [0.2, 0.25) is 0 Å². The van der Waals surface area contributed by atoms with Crippen molar-refractivity contribution >= 4 is 11.5 Å². The molecule has 0 aromatic carbocycles. The lowest BCUT2D eigenvalue weighted by atomic mass is 10.1. The van der Waals surface area contributed by atoms with Gasteiger partial charge in [-0.15, -0.1) is 0 Å². The maximum atomic E-state index is 4.80. The Balaban J connectivity index is 2.28. The van der Waals surface area contributed by atoms with Crippen molar-refractivity contribution in [1.29, 1.82) is 0 Å². The summed E-state index contributed by atoms with van der Waals surface area (Å²) in [4.78, 5) is 9.25. The number of pyridine rings is 2. The number of aryl methyl sites for hydroxylation is 1. The Hall–Kier alpha value is -2.36. The molecule has 3 heterocycles. The van der Waals surface area contributed by atoms with Crippen LogP contribution in [0.15, 0.2) is 42.7 Å². The second-order valence-corrected chi connectivity index (χ2v) is 6.28. The van der Waals surface area contributed by atoms with Gasteiger partial charge in [-0.3, -0.25) is 9.38 Å². The minimum absolute atomic E-state index is 0.0523. The van der Waals surface area contributed by atoms with Crippen molar-refractivity contribution in [2.75, 3.05) is 5.32 Å². The van der Waals surface area contributed by atoms with Crippen LogP contribution in [0.5, 0.6) is 0 Å². The number of aromatic nitrogens is 3. The van der Waals surface area contributed by atoms with Crippen molar-refractivity contribution in [3.05, 3.63) is 48.3 Å².